The van der Waals surface area contributed by atoms with Crippen molar-refractivity contribution in [1.29, 1.82) is 5.41 Å². The Balaban J connectivity index is 1.95. The molecule has 2 unspecified atom stereocenters. The standard InChI is InChI=1S/C20H28N2O2/c1-4-5-7-12-17(18(21)20(3)14-24-20)22-19(23)15(2)13-16-10-8-6-9-11-16/h6,8-11,17,21H,2,4-5,7,12-14H2,1,3H3,(H,22,23). The molecule has 2 atom stereocenters. The summed E-state index contributed by atoms with van der Waals surface area (Å²) in [6.07, 6.45) is 4.50. The van der Waals surface area contributed by atoms with Gasteiger partial charge < -0.3 is 15.5 Å². The van der Waals surface area contributed by atoms with Crippen LogP contribution in [-0.4, -0.2) is 29.9 Å². The van der Waals surface area contributed by atoms with E-state index in [0.717, 1.165) is 31.2 Å². The number of hydrogen-bond acceptors (Lipinski definition) is 3. The van der Waals surface area contributed by atoms with E-state index >= 15 is 0 Å². The van der Waals surface area contributed by atoms with Gasteiger partial charge in [-0.05, 0) is 18.9 Å². The number of carbonyl (C=O) groups excluding carboxylic acids is 1. The summed E-state index contributed by atoms with van der Waals surface area (Å²) in [5.41, 5.74) is 1.56. The number of carbonyl (C=O) groups is 1. The number of ether oxygens (including phenoxy) is 1. The quantitative estimate of drug-likeness (QED) is 0.298. The first kappa shape index (κ1) is 18.4. The van der Waals surface area contributed by atoms with Crippen molar-refractivity contribution in [3.05, 3.63) is 48.0 Å². The lowest BCUT2D eigenvalue weighted by Gasteiger charge is -2.22. The van der Waals surface area contributed by atoms with Crippen molar-refractivity contribution in [2.24, 2.45) is 0 Å². The fourth-order valence-corrected chi connectivity index (χ4v) is 2.70. The van der Waals surface area contributed by atoms with E-state index in [1.54, 1.807) is 0 Å². The number of unbranched alkanes of at least 4 members (excludes halogenated alkanes) is 2. The van der Waals surface area contributed by atoms with Crippen LogP contribution in [0.15, 0.2) is 42.5 Å². The van der Waals surface area contributed by atoms with E-state index in [2.05, 4.69) is 18.8 Å². The van der Waals surface area contributed by atoms with Crippen molar-refractivity contribution >= 4 is 11.6 Å². The second kappa shape index (κ2) is 8.25. The molecule has 1 saturated heterocycles. The molecule has 0 aromatic heterocycles. The molecule has 1 heterocycles. The minimum atomic E-state index is -0.495. The lowest BCUT2D eigenvalue weighted by Crippen LogP contribution is -2.46. The molecule has 0 spiro atoms. The average Bonchev–Trinajstić information content (AvgIpc) is 3.33. The number of rotatable bonds is 10. The van der Waals surface area contributed by atoms with Crippen LogP contribution >= 0.6 is 0 Å². The molecule has 1 amide bonds. The van der Waals surface area contributed by atoms with Crippen molar-refractivity contribution in [2.45, 2.75) is 57.6 Å². The summed E-state index contributed by atoms with van der Waals surface area (Å²) < 4.78 is 5.38. The third kappa shape index (κ3) is 5.03. The van der Waals surface area contributed by atoms with E-state index in [1.807, 2.05) is 37.3 Å². The summed E-state index contributed by atoms with van der Waals surface area (Å²) in [4.78, 5) is 12.5. The van der Waals surface area contributed by atoms with Gasteiger partial charge in [0, 0.05) is 12.0 Å². The van der Waals surface area contributed by atoms with E-state index < -0.39 is 5.60 Å². The van der Waals surface area contributed by atoms with Crippen molar-refractivity contribution in [3.8, 4) is 0 Å². The van der Waals surface area contributed by atoms with Gasteiger partial charge in [0.1, 0.15) is 5.60 Å². The molecule has 0 radical (unpaired) electrons. The van der Waals surface area contributed by atoms with Crippen LogP contribution in [-0.2, 0) is 16.0 Å². The van der Waals surface area contributed by atoms with Gasteiger partial charge in [-0.15, -0.1) is 0 Å². The average molecular weight is 328 g/mol. The van der Waals surface area contributed by atoms with Crippen molar-refractivity contribution in [1.82, 2.24) is 5.32 Å². The molecule has 4 heteroatoms. The van der Waals surface area contributed by atoms with E-state index in [9.17, 15) is 4.79 Å². The Morgan fingerprint density at radius 3 is 2.62 bits per heavy atom. The van der Waals surface area contributed by atoms with Crippen molar-refractivity contribution < 1.29 is 9.53 Å². The monoisotopic (exact) mass is 328 g/mol. The van der Waals surface area contributed by atoms with Gasteiger partial charge in [0.05, 0.1) is 18.4 Å². The van der Waals surface area contributed by atoms with Gasteiger partial charge in [0.2, 0.25) is 5.91 Å². The Labute approximate surface area is 144 Å². The maximum atomic E-state index is 12.5. The number of benzene rings is 1. The molecule has 1 aliphatic heterocycles. The van der Waals surface area contributed by atoms with Crippen LogP contribution in [0, 0.1) is 5.41 Å². The van der Waals surface area contributed by atoms with Gasteiger partial charge in [-0.1, -0.05) is 63.1 Å². The molecule has 1 fully saturated rings. The second-order valence-electron chi connectivity index (χ2n) is 6.72. The minimum absolute atomic E-state index is 0.172. The van der Waals surface area contributed by atoms with E-state index in [-0.39, 0.29) is 11.9 Å². The Bertz CT molecular complexity index is 591. The van der Waals surface area contributed by atoms with Gasteiger partial charge in [0.25, 0.3) is 0 Å². The second-order valence-corrected chi connectivity index (χ2v) is 6.72. The van der Waals surface area contributed by atoms with Crippen LogP contribution in [0.5, 0.6) is 0 Å². The first-order valence-corrected chi connectivity index (χ1v) is 8.71. The first-order chi connectivity index (χ1) is 11.5. The summed E-state index contributed by atoms with van der Waals surface area (Å²) in [6, 6.07) is 9.55. The lowest BCUT2D eigenvalue weighted by molar-refractivity contribution is -0.117. The predicted octanol–water partition coefficient (Wildman–Crippen LogP) is 3.66. The van der Waals surface area contributed by atoms with Crippen LogP contribution < -0.4 is 5.32 Å². The third-order valence-electron chi connectivity index (χ3n) is 4.48. The van der Waals surface area contributed by atoms with Gasteiger partial charge in [-0.2, -0.15) is 0 Å². The highest BCUT2D eigenvalue weighted by molar-refractivity contribution is 6.01. The summed E-state index contributed by atoms with van der Waals surface area (Å²) in [5.74, 6) is -0.172. The molecule has 0 aliphatic carbocycles. The Kier molecular flexibility index (Phi) is 6.32. The molecule has 2 rings (SSSR count). The highest BCUT2D eigenvalue weighted by Gasteiger charge is 2.46. The summed E-state index contributed by atoms with van der Waals surface area (Å²) >= 11 is 0. The topological polar surface area (TPSA) is 65.5 Å². The number of hydrogen-bond donors (Lipinski definition) is 2. The molecule has 1 aromatic rings. The maximum Gasteiger partial charge on any atom is 0.247 e. The Morgan fingerprint density at radius 1 is 1.38 bits per heavy atom. The molecule has 2 N–H and O–H groups in total. The SMILES string of the molecule is C=C(Cc1ccccc1)C(=O)NC(CCCCC)C(=N)C1(C)CO1. The van der Waals surface area contributed by atoms with Crippen LogP contribution in [0.2, 0.25) is 0 Å². The highest BCUT2D eigenvalue weighted by Crippen LogP contribution is 2.29. The van der Waals surface area contributed by atoms with E-state index in [0.29, 0.717) is 24.3 Å². The predicted molar refractivity (Wildman–Crippen MR) is 97.4 cm³/mol. The molecule has 24 heavy (non-hydrogen) atoms. The zero-order valence-corrected chi connectivity index (χ0v) is 14.7. The number of amides is 1. The first-order valence-electron chi connectivity index (χ1n) is 8.71. The van der Waals surface area contributed by atoms with Gasteiger partial charge in [-0.3, -0.25) is 4.79 Å². The molecular weight excluding hydrogens is 300 g/mol. The van der Waals surface area contributed by atoms with E-state index in [4.69, 9.17) is 10.1 Å². The molecular formula is C20H28N2O2. The minimum Gasteiger partial charge on any atom is -0.363 e. The zero-order valence-electron chi connectivity index (χ0n) is 14.7. The highest BCUT2D eigenvalue weighted by atomic mass is 16.6. The molecule has 4 nitrogen and oxygen atoms in total. The lowest BCUT2D eigenvalue weighted by atomic mass is 9.94. The van der Waals surface area contributed by atoms with Crippen molar-refractivity contribution in [3.63, 3.8) is 0 Å². The van der Waals surface area contributed by atoms with Crippen LogP contribution in [0.4, 0.5) is 0 Å². The normalized spacial score (nSPS) is 20.2. The Morgan fingerprint density at radius 2 is 2.04 bits per heavy atom. The van der Waals surface area contributed by atoms with Crippen molar-refractivity contribution in [2.75, 3.05) is 6.61 Å². The van der Waals surface area contributed by atoms with Gasteiger partial charge >= 0.3 is 0 Å². The van der Waals surface area contributed by atoms with E-state index in [1.165, 1.54) is 0 Å². The summed E-state index contributed by atoms with van der Waals surface area (Å²) in [6.45, 7) is 8.54. The fraction of sp³-hybridized carbons (Fsp3) is 0.500. The molecule has 1 aromatic carbocycles. The van der Waals surface area contributed by atoms with Gasteiger partial charge in [0.15, 0.2) is 0 Å². The maximum absolute atomic E-state index is 12.5. The third-order valence-corrected chi connectivity index (χ3v) is 4.48. The van der Waals surface area contributed by atoms with Crippen LogP contribution in [0.1, 0.15) is 45.1 Å². The summed E-state index contributed by atoms with van der Waals surface area (Å²) in [7, 11) is 0. The largest absolute Gasteiger partial charge is 0.363 e. The molecule has 0 saturated carbocycles. The molecule has 1 aliphatic rings. The zero-order chi connectivity index (χ0) is 17.6. The van der Waals surface area contributed by atoms with Gasteiger partial charge in [-0.25, -0.2) is 0 Å². The summed E-state index contributed by atoms with van der Waals surface area (Å²) in [5, 5.41) is 11.4. The van der Waals surface area contributed by atoms with Crippen LogP contribution in [0.3, 0.4) is 0 Å². The van der Waals surface area contributed by atoms with Crippen LogP contribution in [0.25, 0.3) is 0 Å². The fourth-order valence-electron chi connectivity index (χ4n) is 2.70. The number of nitrogens with one attached hydrogen (secondary N) is 2. The molecule has 130 valence electrons. The smallest absolute Gasteiger partial charge is 0.247 e. The molecule has 0 bridgehead atoms. The number of epoxide rings is 1. The Hall–Kier alpha value is -1.94.